The molecule has 8 nitrogen and oxygen atoms in total. The molecule has 1 amide bonds. The maximum absolute atomic E-state index is 14.8. The Labute approximate surface area is 170 Å². The van der Waals surface area contributed by atoms with Crippen molar-refractivity contribution in [1.29, 1.82) is 0 Å². The predicted molar refractivity (Wildman–Crippen MR) is 103 cm³/mol. The molecule has 10 heteroatoms. The van der Waals surface area contributed by atoms with Crippen LogP contribution in [-0.4, -0.2) is 35.7 Å². The van der Waals surface area contributed by atoms with E-state index in [1.807, 2.05) is 0 Å². The molecule has 154 valence electrons. The van der Waals surface area contributed by atoms with E-state index < -0.39 is 23.4 Å². The van der Waals surface area contributed by atoms with Crippen molar-refractivity contribution in [3.05, 3.63) is 72.1 Å². The monoisotopic (exact) mass is 414 g/mol. The first kappa shape index (κ1) is 20.6. The van der Waals surface area contributed by atoms with Gasteiger partial charge in [-0.3, -0.25) is 4.79 Å². The number of aromatic nitrogens is 2. The predicted octanol–water partition coefficient (Wildman–Crippen LogP) is 3.44. The molecule has 0 bridgehead atoms. The smallest absolute Gasteiger partial charge is 0.273 e. The van der Waals surface area contributed by atoms with Gasteiger partial charge in [-0.1, -0.05) is 23.4 Å². The van der Waals surface area contributed by atoms with Gasteiger partial charge in [0.05, 0.1) is 5.56 Å². The number of rotatable bonds is 7. The van der Waals surface area contributed by atoms with Crippen LogP contribution in [0.2, 0.25) is 0 Å². The molecule has 0 saturated heterocycles. The van der Waals surface area contributed by atoms with E-state index in [-0.39, 0.29) is 22.9 Å². The largest absolute Gasteiger partial charge is 0.436 e. The maximum atomic E-state index is 14.8. The molecule has 0 spiro atoms. The molecule has 0 atom stereocenters. The summed E-state index contributed by atoms with van der Waals surface area (Å²) in [4.78, 5) is 24.3. The highest BCUT2D eigenvalue weighted by atomic mass is 19.1. The Kier molecular flexibility index (Phi) is 6.48. The van der Waals surface area contributed by atoms with Gasteiger partial charge in [0, 0.05) is 13.1 Å². The minimum Gasteiger partial charge on any atom is -0.436 e. The number of carbonyl (C=O) groups excluding carboxylic acids is 1. The number of nitrogens with zero attached hydrogens (tertiary/aromatic N) is 3. The summed E-state index contributed by atoms with van der Waals surface area (Å²) in [5.74, 6) is -3.10. The van der Waals surface area contributed by atoms with Crippen molar-refractivity contribution in [2.75, 3.05) is 14.2 Å². The van der Waals surface area contributed by atoms with Gasteiger partial charge in [0.2, 0.25) is 5.82 Å². The fraction of sp³-hybridized carbons (Fsp3) is 0.100. The standard InChI is InChI=1S/C20H16F2N4O4/c1-23-18(27)17(26-28-2)14-9-8-12(21)10-15(14)30-20-16(22)19(24-11-25-20)29-13-6-4-3-5-7-13/h3-11H,1-2H3,(H,23,27)/b26-17+. The minimum atomic E-state index is -1.01. The summed E-state index contributed by atoms with van der Waals surface area (Å²) < 4.78 is 39.5. The summed E-state index contributed by atoms with van der Waals surface area (Å²) in [5.41, 5.74) is -0.147. The third-order valence-electron chi connectivity index (χ3n) is 3.71. The lowest BCUT2D eigenvalue weighted by molar-refractivity contribution is -0.114. The average Bonchev–Trinajstić information content (AvgIpc) is 2.75. The minimum absolute atomic E-state index is 0.0566. The van der Waals surface area contributed by atoms with E-state index in [4.69, 9.17) is 9.47 Å². The Bertz CT molecular complexity index is 1080. The molecule has 30 heavy (non-hydrogen) atoms. The lowest BCUT2D eigenvalue weighted by Crippen LogP contribution is -2.29. The molecule has 3 aromatic rings. The molecule has 0 aliphatic heterocycles. The summed E-state index contributed by atoms with van der Waals surface area (Å²) in [7, 11) is 2.62. The van der Waals surface area contributed by atoms with Crippen LogP contribution in [0.15, 0.2) is 60.0 Å². The summed E-state index contributed by atoms with van der Waals surface area (Å²) in [6, 6.07) is 11.7. The zero-order chi connectivity index (χ0) is 21.5. The van der Waals surface area contributed by atoms with Crippen LogP contribution < -0.4 is 14.8 Å². The Morgan fingerprint density at radius 1 is 1.03 bits per heavy atom. The van der Waals surface area contributed by atoms with E-state index in [2.05, 4.69) is 25.3 Å². The first-order valence-electron chi connectivity index (χ1n) is 8.58. The van der Waals surface area contributed by atoms with Crippen LogP contribution in [0.1, 0.15) is 5.56 Å². The van der Waals surface area contributed by atoms with Crippen LogP contribution in [0.5, 0.6) is 23.3 Å². The molecule has 0 saturated carbocycles. The summed E-state index contributed by atoms with van der Waals surface area (Å²) in [6.07, 6.45) is 1.03. The lowest BCUT2D eigenvalue weighted by Gasteiger charge is -2.13. The van der Waals surface area contributed by atoms with E-state index in [1.54, 1.807) is 30.3 Å². The highest BCUT2D eigenvalue weighted by molar-refractivity contribution is 6.45. The number of hydrogen-bond acceptors (Lipinski definition) is 7. The first-order valence-corrected chi connectivity index (χ1v) is 8.58. The number of carbonyl (C=O) groups is 1. The van der Waals surface area contributed by atoms with Crippen LogP contribution in [0.4, 0.5) is 8.78 Å². The highest BCUT2D eigenvalue weighted by Crippen LogP contribution is 2.31. The van der Waals surface area contributed by atoms with E-state index in [1.165, 1.54) is 20.2 Å². The Morgan fingerprint density at radius 2 is 1.73 bits per heavy atom. The molecule has 3 rings (SSSR count). The second-order valence-corrected chi connectivity index (χ2v) is 5.66. The van der Waals surface area contributed by atoms with Crippen molar-refractivity contribution in [1.82, 2.24) is 15.3 Å². The SMILES string of the molecule is CNC(=O)/C(=N/OC)c1ccc(F)cc1Oc1ncnc(Oc2ccccc2)c1F. The molecular weight excluding hydrogens is 398 g/mol. The van der Waals surface area contributed by atoms with Gasteiger partial charge in [-0.15, -0.1) is 0 Å². The molecule has 0 aliphatic rings. The summed E-state index contributed by atoms with van der Waals surface area (Å²) in [6.45, 7) is 0. The number of likely N-dealkylation sites (N-methyl/N-ethyl adjacent to an activating group) is 1. The highest BCUT2D eigenvalue weighted by Gasteiger charge is 2.22. The Balaban J connectivity index is 1.99. The second kappa shape index (κ2) is 9.41. The number of benzene rings is 2. The summed E-state index contributed by atoms with van der Waals surface area (Å²) in [5, 5.41) is 6.03. The Hall–Kier alpha value is -4.08. The quantitative estimate of drug-likeness (QED) is 0.470. The number of para-hydroxylation sites is 1. The number of ether oxygens (including phenoxy) is 2. The third-order valence-corrected chi connectivity index (χ3v) is 3.71. The molecule has 1 heterocycles. The number of halogens is 2. The summed E-state index contributed by atoms with van der Waals surface area (Å²) >= 11 is 0. The van der Waals surface area contributed by atoms with Gasteiger partial charge in [-0.2, -0.15) is 14.4 Å². The zero-order valence-corrected chi connectivity index (χ0v) is 15.9. The van der Waals surface area contributed by atoms with Crippen LogP contribution in [0, 0.1) is 11.6 Å². The molecule has 1 N–H and O–H groups in total. The average molecular weight is 414 g/mol. The molecule has 0 unspecified atom stereocenters. The topological polar surface area (TPSA) is 94.9 Å². The van der Waals surface area contributed by atoms with Crippen LogP contribution in [0.3, 0.4) is 0 Å². The van der Waals surface area contributed by atoms with Crippen molar-refractivity contribution in [3.63, 3.8) is 0 Å². The van der Waals surface area contributed by atoms with Gasteiger partial charge in [-0.25, -0.2) is 4.39 Å². The van der Waals surface area contributed by atoms with Gasteiger partial charge in [-0.05, 0) is 24.3 Å². The number of nitrogens with one attached hydrogen (secondary N) is 1. The first-order chi connectivity index (χ1) is 14.5. The fourth-order valence-corrected chi connectivity index (χ4v) is 2.38. The van der Waals surface area contributed by atoms with Crippen LogP contribution >= 0.6 is 0 Å². The van der Waals surface area contributed by atoms with E-state index in [0.717, 1.165) is 18.5 Å². The molecule has 0 radical (unpaired) electrons. The van der Waals surface area contributed by atoms with Crippen molar-refractivity contribution in [2.24, 2.45) is 5.16 Å². The van der Waals surface area contributed by atoms with Gasteiger partial charge < -0.3 is 19.6 Å². The lowest BCUT2D eigenvalue weighted by atomic mass is 10.1. The maximum Gasteiger partial charge on any atom is 0.273 e. The van der Waals surface area contributed by atoms with Crippen LogP contribution in [0.25, 0.3) is 0 Å². The van der Waals surface area contributed by atoms with Crippen molar-refractivity contribution in [2.45, 2.75) is 0 Å². The van der Waals surface area contributed by atoms with Gasteiger partial charge >= 0.3 is 0 Å². The zero-order valence-electron chi connectivity index (χ0n) is 15.9. The molecule has 0 aliphatic carbocycles. The molecule has 2 aromatic carbocycles. The molecule has 1 aromatic heterocycles. The van der Waals surface area contributed by atoms with E-state index in [0.29, 0.717) is 5.75 Å². The van der Waals surface area contributed by atoms with E-state index >= 15 is 0 Å². The number of hydrogen-bond donors (Lipinski definition) is 1. The van der Waals surface area contributed by atoms with Gasteiger partial charge in [0.1, 0.15) is 30.8 Å². The number of oxime groups is 1. The van der Waals surface area contributed by atoms with Crippen molar-refractivity contribution >= 4 is 11.6 Å². The Morgan fingerprint density at radius 3 is 2.40 bits per heavy atom. The third kappa shape index (κ3) is 4.66. The van der Waals surface area contributed by atoms with Crippen molar-refractivity contribution < 1.29 is 27.9 Å². The van der Waals surface area contributed by atoms with Crippen LogP contribution in [-0.2, 0) is 9.63 Å². The second-order valence-electron chi connectivity index (χ2n) is 5.66. The molecule has 0 fully saturated rings. The fourth-order valence-electron chi connectivity index (χ4n) is 2.38. The molecular formula is C20H16F2N4O4. The van der Waals surface area contributed by atoms with Gasteiger partial charge in [0.15, 0.2) is 5.71 Å². The van der Waals surface area contributed by atoms with E-state index in [9.17, 15) is 13.6 Å². The normalized spacial score (nSPS) is 11.0. The van der Waals surface area contributed by atoms with Crippen molar-refractivity contribution in [3.8, 4) is 23.3 Å². The number of amides is 1. The van der Waals surface area contributed by atoms with Gasteiger partial charge in [0.25, 0.3) is 17.7 Å².